The zero-order valence-corrected chi connectivity index (χ0v) is 14.7. The second kappa shape index (κ2) is 6.63. The van der Waals surface area contributed by atoms with Gasteiger partial charge in [0.25, 0.3) is 5.91 Å². The number of nitrogens with zero attached hydrogens (tertiary/aromatic N) is 3. The number of aromatic nitrogens is 3. The molecule has 3 N–H and O–H groups in total. The van der Waals surface area contributed by atoms with Crippen molar-refractivity contribution in [3.63, 3.8) is 0 Å². The summed E-state index contributed by atoms with van der Waals surface area (Å²) in [5.74, 6) is 0.211. The molecular formula is C20H21N5O. The molecule has 2 heterocycles. The van der Waals surface area contributed by atoms with Crippen LogP contribution in [0.1, 0.15) is 40.7 Å². The second-order valence-corrected chi connectivity index (χ2v) is 6.49. The Morgan fingerprint density at radius 2 is 2.00 bits per heavy atom. The van der Waals surface area contributed by atoms with Crippen LogP contribution in [0.25, 0.3) is 5.69 Å². The quantitative estimate of drug-likeness (QED) is 0.759. The number of nitrogen functional groups attached to an aromatic ring is 1. The number of pyridine rings is 1. The van der Waals surface area contributed by atoms with Crippen LogP contribution in [0.5, 0.6) is 0 Å². The number of hydrogen-bond donors (Lipinski definition) is 2. The van der Waals surface area contributed by atoms with Gasteiger partial charge in [-0.15, -0.1) is 0 Å². The number of fused-ring (bicyclic) bond motifs is 1. The first kappa shape index (κ1) is 16.3. The van der Waals surface area contributed by atoms with Crippen LogP contribution >= 0.6 is 0 Å². The van der Waals surface area contributed by atoms with E-state index < -0.39 is 0 Å². The van der Waals surface area contributed by atoms with E-state index in [1.807, 2.05) is 4.68 Å². The summed E-state index contributed by atoms with van der Waals surface area (Å²) in [7, 11) is 0. The van der Waals surface area contributed by atoms with Gasteiger partial charge in [-0.2, -0.15) is 5.10 Å². The van der Waals surface area contributed by atoms with Crippen LogP contribution < -0.4 is 11.1 Å². The van der Waals surface area contributed by atoms with Crippen molar-refractivity contribution >= 4 is 17.4 Å². The third kappa shape index (κ3) is 2.94. The summed E-state index contributed by atoms with van der Waals surface area (Å²) in [5, 5.41) is 7.50. The monoisotopic (exact) mass is 347 g/mol. The van der Waals surface area contributed by atoms with Crippen molar-refractivity contribution in [2.75, 3.05) is 11.1 Å². The lowest BCUT2D eigenvalue weighted by Gasteiger charge is -2.06. The van der Waals surface area contributed by atoms with Gasteiger partial charge in [-0.05, 0) is 55.5 Å². The number of benzene rings is 1. The number of rotatable bonds is 4. The largest absolute Gasteiger partial charge is 0.384 e. The first-order valence-corrected chi connectivity index (χ1v) is 8.88. The highest BCUT2D eigenvalue weighted by Crippen LogP contribution is 2.28. The van der Waals surface area contributed by atoms with Gasteiger partial charge in [-0.3, -0.25) is 4.79 Å². The topological polar surface area (TPSA) is 85.8 Å². The van der Waals surface area contributed by atoms with Gasteiger partial charge in [0.1, 0.15) is 5.82 Å². The number of carbonyl (C=O) groups is 1. The summed E-state index contributed by atoms with van der Waals surface area (Å²) in [6.07, 6.45) is 5.42. The molecule has 0 radical (unpaired) electrons. The summed E-state index contributed by atoms with van der Waals surface area (Å²) in [5.41, 5.74) is 11.2. The first-order valence-electron chi connectivity index (χ1n) is 8.88. The van der Waals surface area contributed by atoms with E-state index >= 15 is 0 Å². The number of carbonyl (C=O) groups excluding carboxylic acids is 1. The standard InChI is InChI=1S/C20H21N5O/c1-2-13-6-9-15(10-7-13)25-17-5-3-4-16(17)19(24-25)20(26)23-14-8-11-18(21)22-12-14/h6-12H,2-5H2,1H3,(H2,21,22)(H,23,26). The molecule has 1 aromatic carbocycles. The molecule has 0 saturated heterocycles. The molecule has 0 unspecified atom stereocenters. The lowest BCUT2D eigenvalue weighted by molar-refractivity contribution is 0.102. The fraction of sp³-hybridized carbons (Fsp3) is 0.250. The van der Waals surface area contributed by atoms with Crippen molar-refractivity contribution in [1.82, 2.24) is 14.8 Å². The van der Waals surface area contributed by atoms with Crippen LogP contribution in [0, 0.1) is 0 Å². The van der Waals surface area contributed by atoms with E-state index in [4.69, 9.17) is 5.73 Å². The number of anilines is 2. The second-order valence-electron chi connectivity index (χ2n) is 6.49. The zero-order chi connectivity index (χ0) is 18.1. The minimum absolute atomic E-state index is 0.210. The Balaban J connectivity index is 1.66. The Labute approximate surface area is 152 Å². The van der Waals surface area contributed by atoms with Gasteiger partial charge in [-0.1, -0.05) is 19.1 Å². The van der Waals surface area contributed by atoms with Gasteiger partial charge in [-0.25, -0.2) is 9.67 Å². The summed E-state index contributed by atoms with van der Waals surface area (Å²) in [6, 6.07) is 11.7. The molecule has 3 aromatic rings. The lowest BCUT2D eigenvalue weighted by atomic mass is 10.1. The molecule has 132 valence electrons. The average Bonchev–Trinajstić information content (AvgIpc) is 3.26. The Hall–Kier alpha value is -3.15. The summed E-state index contributed by atoms with van der Waals surface area (Å²) >= 11 is 0. The van der Waals surface area contributed by atoms with Crippen molar-refractivity contribution in [2.24, 2.45) is 0 Å². The third-order valence-electron chi connectivity index (χ3n) is 4.78. The van der Waals surface area contributed by atoms with Crippen LogP contribution in [-0.2, 0) is 19.3 Å². The first-order chi connectivity index (χ1) is 12.7. The number of hydrogen-bond acceptors (Lipinski definition) is 4. The van der Waals surface area contributed by atoms with Crippen molar-refractivity contribution in [3.05, 3.63) is 65.1 Å². The van der Waals surface area contributed by atoms with Crippen molar-refractivity contribution < 1.29 is 4.79 Å². The van der Waals surface area contributed by atoms with E-state index in [1.165, 1.54) is 5.56 Å². The third-order valence-corrected chi connectivity index (χ3v) is 4.78. The van der Waals surface area contributed by atoms with E-state index in [-0.39, 0.29) is 5.91 Å². The van der Waals surface area contributed by atoms with Crippen molar-refractivity contribution in [3.8, 4) is 5.69 Å². The summed E-state index contributed by atoms with van der Waals surface area (Å²) < 4.78 is 1.91. The smallest absolute Gasteiger partial charge is 0.276 e. The highest BCUT2D eigenvalue weighted by molar-refractivity contribution is 6.04. The van der Waals surface area contributed by atoms with Crippen LogP contribution in [0.2, 0.25) is 0 Å². The molecule has 6 heteroatoms. The van der Waals surface area contributed by atoms with Crippen LogP contribution in [0.15, 0.2) is 42.6 Å². The maximum absolute atomic E-state index is 12.8. The minimum Gasteiger partial charge on any atom is -0.384 e. The Bertz CT molecular complexity index is 942. The van der Waals surface area contributed by atoms with Gasteiger partial charge in [0, 0.05) is 11.3 Å². The fourth-order valence-electron chi connectivity index (χ4n) is 3.38. The predicted molar refractivity (Wildman–Crippen MR) is 102 cm³/mol. The molecule has 0 spiro atoms. The minimum atomic E-state index is -0.210. The molecule has 0 saturated carbocycles. The van der Waals surface area contributed by atoms with Crippen LogP contribution in [0.4, 0.5) is 11.5 Å². The number of aryl methyl sites for hydroxylation is 1. The fourth-order valence-corrected chi connectivity index (χ4v) is 3.38. The summed E-state index contributed by atoms with van der Waals surface area (Å²) in [6.45, 7) is 2.13. The van der Waals surface area contributed by atoms with E-state index in [0.717, 1.165) is 42.6 Å². The molecule has 1 aliphatic rings. The molecule has 0 aliphatic heterocycles. The molecule has 0 fully saturated rings. The maximum atomic E-state index is 12.8. The van der Waals surface area contributed by atoms with Gasteiger partial charge in [0.05, 0.1) is 17.6 Å². The highest BCUT2D eigenvalue weighted by atomic mass is 16.2. The van der Waals surface area contributed by atoms with E-state index in [2.05, 4.69) is 46.6 Å². The van der Waals surface area contributed by atoms with Gasteiger partial charge in [0.15, 0.2) is 5.69 Å². The normalized spacial score (nSPS) is 12.8. The summed E-state index contributed by atoms with van der Waals surface area (Å²) in [4.78, 5) is 16.8. The number of nitrogens with one attached hydrogen (secondary N) is 1. The Morgan fingerprint density at radius 3 is 2.69 bits per heavy atom. The van der Waals surface area contributed by atoms with Gasteiger partial charge < -0.3 is 11.1 Å². The van der Waals surface area contributed by atoms with Gasteiger partial charge in [0.2, 0.25) is 0 Å². The number of nitrogens with two attached hydrogens (primary N) is 1. The molecule has 0 bridgehead atoms. The molecular weight excluding hydrogens is 326 g/mol. The molecule has 26 heavy (non-hydrogen) atoms. The molecule has 4 rings (SSSR count). The maximum Gasteiger partial charge on any atom is 0.276 e. The van der Waals surface area contributed by atoms with E-state index in [1.54, 1.807) is 18.3 Å². The Kier molecular flexibility index (Phi) is 4.16. The Morgan fingerprint density at radius 1 is 1.19 bits per heavy atom. The predicted octanol–water partition coefficient (Wildman–Crippen LogP) is 3.15. The van der Waals surface area contributed by atoms with Crippen LogP contribution in [0.3, 0.4) is 0 Å². The SMILES string of the molecule is CCc1ccc(-n2nc(C(=O)Nc3ccc(N)nc3)c3c2CCC3)cc1. The van der Waals surface area contributed by atoms with Crippen LogP contribution in [-0.4, -0.2) is 20.7 Å². The van der Waals surface area contributed by atoms with Crippen molar-refractivity contribution in [2.45, 2.75) is 32.6 Å². The highest BCUT2D eigenvalue weighted by Gasteiger charge is 2.27. The van der Waals surface area contributed by atoms with Gasteiger partial charge >= 0.3 is 0 Å². The molecule has 1 amide bonds. The average molecular weight is 347 g/mol. The number of amides is 1. The van der Waals surface area contributed by atoms with Crippen molar-refractivity contribution in [1.29, 1.82) is 0 Å². The molecule has 2 aromatic heterocycles. The van der Waals surface area contributed by atoms with E-state index in [0.29, 0.717) is 17.2 Å². The molecule has 0 atom stereocenters. The van der Waals surface area contributed by atoms with E-state index in [9.17, 15) is 4.79 Å². The zero-order valence-electron chi connectivity index (χ0n) is 14.7. The molecule has 1 aliphatic carbocycles. The lowest BCUT2D eigenvalue weighted by Crippen LogP contribution is -2.15. The molecule has 6 nitrogen and oxygen atoms in total.